The van der Waals surface area contributed by atoms with E-state index in [1.165, 1.54) is 31.6 Å². The SMILES string of the molecule is COc1ccc(-c2nnc(-c3ccco3)o2)cc1NC(=O)c1ccccc1F. The Bertz CT molecular complexity index is 1120. The number of benzene rings is 2. The summed E-state index contributed by atoms with van der Waals surface area (Å²) in [5.74, 6) is 0.0909. The van der Waals surface area contributed by atoms with Gasteiger partial charge in [-0.1, -0.05) is 12.1 Å². The summed E-state index contributed by atoms with van der Waals surface area (Å²) in [4.78, 5) is 12.4. The number of rotatable bonds is 5. The van der Waals surface area contributed by atoms with Crippen LogP contribution in [0.15, 0.2) is 69.7 Å². The van der Waals surface area contributed by atoms with Crippen molar-refractivity contribution in [2.75, 3.05) is 12.4 Å². The van der Waals surface area contributed by atoms with Gasteiger partial charge in [0.15, 0.2) is 5.76 Å². The Morgan fingerprint density at radius 2 is 1.89 bits per heavy atom. The molecule has 0 unspecified atom stereocenters. The van der Waals surface area contributed by atoms with Gasteiger partial charge in [-0.25, -0.2) is 4.39 Å². The molecule has 0 atom stereocenters. The lowest BCUT2D eigenvalue weighted by molar-refractivity contribution is 0.102. The fourth-order valence-corrected chi connectivity index (χ4v) is 2.61. The van der Waals surface area contributed by atoms with Crippen LogP contribution in [0.1, 0.15) is 10.4 Å². The molecule has 2 heterocycles. The average molecular weight is 379 g/mol. The second-order valence-corrected chi connectivity index (χ2v) is 5.74. The summed E-state index contributed by atoms with van der Waals surface area (Å²) in [5.41, 5.74) is 0.814. The van der Waals surface area contributed by atoms with Crippen molar-refractivity contribution in [3.05, 3.63) is 72.2 Å². The molecule has 1 N–H and O–H groups in total. The lowest BCUT2D eigenvalue weighted by atomic mass is 10.1. The van der Waals surface area contributed by atoms with E-state index in [0.717, 1.165) is 0 Å². The molecule has 28 heavy (non-hydrogen) atoms. The molecular weight excluding hydrogens is 365 g/mol. The van der Waals surface area contributed by atoms with Gasteiger partial charge in [0.2, 0.25) is 5.89 Å². The number of hydrogen-bond acceptors (Lipinski definition) is 6. The second-order valence-electron chi connectivity index (χ2n) is 5.74. The van der Waals surface area contributed by atoms with Crippen LogP contribution in [0.3, 0.4) is 0 Å². The Morgan fingerprint density at radius 3 is 2.64 bits per heavy atom. The zero-order chi connectivity index (χ0) is 19.5. The topological polar surface area (TPSA) is 90.4 Å². The number of furan rings is 1. The zero-order valence-electron chi connectivity index (χ0n) is 14.7. The summed E-state index contributed by atoms with van der Waals surface area (Å²) >= 11 is 0. The first-order chi connectivity index (χ1) is 13.7. The number of methoxy groups -OCH3 is 1. The smallest absolute Gasteiger partial charge is 0.283 e. The van der Waals surface area contributed by atoms with E-state index in [0.29, 0.717) is 22.8 Å². The summed E-state index contributed by atoms with van der Waals surface area (Å²) in [5, 5.41) is 10.6. The molecule has 0 bridgehead atoms. The molecule has 0 spiro atoms. The summed E-state index contributed by atoms with van der Waals surface area (Å²) in [6.07, 6.45) is 1.50. The van der Waals surface area contributed by atoms with Gasteiger partial charge < -0.3 is 18.9 Å². The van der Waals surface area contributed by atoms with Crippen LogP contribution < -0.4 is 10.1 Å². The highest BCUT2D eigenvalue weighted by molar-refractivity contribution is 6.05. The van der Waals surface area contributed by atoms with Crippen molar-refractivity contribution in [3.63, 3.8) is 0 Å². The number of halogens is 1. The molecule has 4 aromatic rings. The van der Waals surface area contributed by atoms with E-state index in [1.54, 1.807) is 36.4 Å². The van der Waals surface area contributed by atoms with Gasteiger partial charge >= 0.3 is 0 Å². The predicted octanol–water partition coefficient (Wildman–Crippen LogP) is 4.40. The van der Waals surface area contributed by atoms with Gasteiger partial charge in [-0.2, -0.15) is 0 Å². The van der Waals surface area contributed by atoms with Gasteiger partial charge in [0.25, 0.3) is 11.8 Å². The molecule has 140 valence electrons. The first-order valence-corrected chi connectivity index (χ1v) is 8.27. The van der Waals surface area contributed by atoms with E-state index in [2.05, 4.69) is 15.5 Å². The Labute approximate surface area is 158 Å². The van der Waals surface area contributed by atoms with Crippen LogP contribution in [0.4, 0.5) is 10.1 Å². The van der Waals surface area contributed by atoms with E-state index in [1.807, 2.05) is 0 Å². The van der Waals surface area contributed by atoms with Crippen LogP contribution in [-0.4, -0.2) is 23.2 Å². The Balaban J connectivity index is 1.65. The maximum atomic E-state index is 13.9. The first-order valence-electron chi connectivity index (χ1n) is 8.27. The van der Waals surface area contributed by atoms with Crippen molar-refractivity contribution in [1.29, 1.82) is 0 Å². The third-order valence-corrected chi connectivity index (χ3v) is 3.97. The number of nitrogens with one attached hydrogen (secondary N) is 1. The van der Waals surface area contributed by atoms with Crippen LogP contribution in [-0.2, 0) is 0 Å². The van der Waals surface area contributed by atoms with Gasteiger partial charge in [-0.05, 0) is 42.5 Å². The molecule has 0 aliphatic carbocycles. The Hall–Kier alpha value is -3.94. The number of carbonyl (C=O) groups is 1. The molecule has 0 saturated carbocycles. The summed E-state index contributed by atoms with van der Waals surface area (Å²) in [6.45, 7) is 0. The van der Waals surface area contributed by atoms with E-state index < -0.39 is 11.7 Å². The minimum absolute atomic E-state index is 0.0761. The molecule has 8 heteroatoms. The summed E-state index contributed by atoms with van der Waals surface area (Å²) in [6, 6.07) is 14.1. The number of aromatic nitrogens is 2. The quantitative estimate of drug-likeness (QED) is 0.553. The third-order valence-electron chi connectivity index (χ3n) is 3.97. The minimum atomic E-state index is -0.616. The number of ether oxygens (including phenoxy) is 1. The van der Waals surface area contributed by atoms with Gasteiger partial charge in [0.1, 0.15) is 11.6 Å². The lowest BCUT2D eigenvalue weighted by Gasteiger charge is -2.11. The van der Waals surface area contributed by atoms with Crippen molar-refractivity contribution in [3.8, 4) is 28.9 Å². The predicted molar refractivity (Wildman–Crippen MR) is 98.3 cm³/mol. The fraction of sp³-hybridized carbons (Fsp3) is 0.0500. The lowest BCUT2D eigenvalue weighted by Crippen LogP contribution is -2.14. The molecule has 0 radical (unpaired) electrons. The van der Waals surface area contributed by atoms with E-state index >= 15 is 0 Å². The van der Waals surface area contributed by atoms with Crippen molar-refractivity contribution >= 4 is 11.6 Å². The van der Waals surface area contributed by atoms with Crippen molar-refractivity contribution in [2.24, 2.45) is 0 Å². The summed E-state index contributed by atoms with van der Waals surface area (Å²) in [7, 11) is 1.47. The second kappa shape index (κ2) is 7.36. The van der Waals surface area contributed by atoms with Crippen LogP contribution in [0.25, 0.3) is 23.1 Å². The Kier molecular flexibility index (Phi) is 4.59. The maximum Gasteiger partial charge on any atom is 0.283 e. The molecule has 2 aromatic heterocycles. The van der Waals surface area contributed by atoms with Gasteiger partial charge in [-0.3, -0.25) is 4.79 Å². The van der Waals surface area contributed by atoms with Crippen LogP contribution in [0.5, 0.6) is 5.75 Å². The van der Waals surface area contributed by atoms with Gasteiger partial charge in [0, 0.05) is 5.56 Å². The number of nitrogens with zero attached hydrogens (tertiary/aromatic N) is 2. The fourth-order valence-electron chi connectivity index (χ4n) is 2.61. The van der Waals surface area contributed by atoms with Gasteiger partial charge in [0.05, 0.1) is 24.6 Å². The molecule has 7 nitrogen and oxygen atoms in total. The normalized spacial score (nSPS) is 10.6. The molecule has 1 amide bonds. The highest BCUT2D eigenvalue weighted by atomic mass is 19.1. The number of carbonyl (C=O) groups excluding carboxylic acids is 1. The number of amides is 1. The van der Waals surface area contributed by atoms with Crippen LogP contribution in [0.2, 0.25) is 0 Å². The monoisotopic (exact) mass is 379 g/mol. The molecule has 0 saturated heterocycles. The van der Waals surface area contributed by atoms with Crippen molar-refractivity contribution in [2.45, 2.75) is 0 Å². The van der Waals surface area contributed by atoms with Gasteiger partial charge in [-0.15, -0.1) is 10.2 Å². The molecule has 2 aromatic carbocycles. The number of hydrogen-bond donors (Lipinski definition) is 1. The maximum absolute atomic E-state index is 13.9. The standard InChI is InChI=1S/C20H14FN3O4/c1-26-16-9-8-12(19-23-24-20(28-19)17-7-4-10-27-17)11-15(16)22-18(25)13-5-2-3-6-14(13)21/h2-11H,1H3,(H,22,25). The zero-order valence-corrected chi connectivity index (χ0v) is 14.7. The van der Waals surface area contributed by atoms with E-state index in [4.69, 9.17) is 13.6 Å². The molecule has 0 fully saturated rings. The van der Waals surface area contributed by atoms with Crippen molar-refractivity contribution in [1.82, 2.24) is 10.2 Å². The Morgan fingerprint density at radius 1 is 1.07 bits per heavy atom. The molecule has 4 rings (SSSR count). The largest absolute Gasteiger partial charge is 0.495 e. The highest BCUT2D eigenvalue weighted by Gasteiger charge is 2.17. The first kappa shape index (κ1) is 17.5. The molecule has 0 aliphatic heterocycles. The highest BCUT2D eigenvalue weighted by Crippen LogP contribution is 2.32. The van der Waals surface area contributed by atoms with Crippen LogP contribution in [0, 0.1) is 5.82 Å². The van der Waals surface area contributed by atoms with E-state index in [-0.39, 0.29) is 17.3 Å². The number of anilines is 1. The average Bonchev–Trinajstić information content (AvgIpc) is 3.40. The minimum Gasteiger partial charge on any atom is -0.495 e. The summed E-state index contributed by atoms with van der Waals surface area (Å²) < 4.78 is 30.0. The third kappa shape index (κ3) is 3.35. The molecular formula is C20H14FN3O4. The van der Waals surface area contributed by atoms with E-state index in [9.17, 15) is 9.18 Å². The molecule has 0 aliphatic rings. The van der Waals surface area contributed by atoms with Crippen molar-refractivity contribution < 1.29 is 22.8 Å². The van der Waals surface area contributed by atoms with Crippen LogP contribution >= 0.6 is 0 Å².